The third kappa shape index (κ3) is 2.13. The molecule has 0 spiro atoms. The van der Waals surface area contributed by atoms with Crippen LogP contribution in [0, 0.1) is 0 Å². The standard InChI is InChI=1S/C16H15NO2/c18-15(13-7-3-1-4-8-13)17-11-16(19,12-17)14-9-5-2-6-10-14/h1-10,19H,11-12H2. The number of carbonyl (C=O) groups is 1. The highest BCUT2D eigenvalue weighted by atomic mass is 16.3. The summed E-state index contributed by atoms with van der Waals surface area (Å²) < 4.78 is 0. The monoisotopic (exact) mass is 253 g/mol. The number of β-amino-alcohol motifs (C(OH)–C–C–N with tert-alkyl or cyclic N) is 1. The average Bonchev–Trinajstić information content (AvgIpc) is 2.45. The van der Waals surface area contributed by atoms with E-state index in [1.807, 2.05) is 48.5 Å². The molecule has 1 saturated heterocycles. The largest absolute Gasteiger partial charge is 0.381 e. The second-order valence-corrected chi connectivity index (χ2v) is 4.92. The zero-order valence-electron chi connectivity index (χ0n) is 10.5. The summed E-state index contributed by atoms with van der Waals surface area (Å²) >= 11 is 0. The van der Waals surface area contributed by atoms with Crippen molar-refractivity contribution in [3.63, 3.8) is 0 Å². The summed E-state index contributed by atoms with van der Waals surface area (Å²) in [5.74, 6) is -0.0267. The Morgan fingerprint density at radius 1 is 0.947 bits per heavy atom. The molecule has 0 aromatic heterocycles. The van der Waals surface area contributed by atoms with Crippen LogP contribution in [-0.4, -0.2) is 29.0 Å². The van der Waals surface area contributed by atoms with Gasteiger partial charge in [-0.1, -0.05) is 48.5 Å². The Morgan fingerprint density at radius 2 is 1.47 bits per heavy atom. The molecule has 3 rings (SSSR count). The molecule has 1 aliphatic heterocycles. The molecule has 2 aromatic rings. The number of hydrogen-bond donors (Lipinski definition) is 1. The van der Waals surface area contributed by atoms with Crippen molar-refractivity contribution in [2.24, 2.45) is 0 Å². The molecule has 0 radical (unpaired) electrons. The lowest BCUT2D eigenvalue weighted by Crippen LogP contribution is -2.61. The first kappa shape index (κ1) is 11.9. The number of aliphatic hydroxyl groups is 1. The van der Waals surface area contributed by atoms with E-state index in [0.717, 1.165) is 5.56 Å². The van der Waals surface area contributed by atoms with Crippen LogP contribution in [-0.2, 0) is 5.60 Å². The summed E-state index contributed by atoms with van der Waals surface area (Å²) in [6, 6.07) is 18.7. The van der Waals surface area contributed by atoms with Gasteiger partial charge >= 0.3 is 0 Å². The van der Waals surface area contributed by atoms with Crippen LogP contribution in [0.2, 0.25) is 0 Å². The fourth-order valence-corrected chi connectivity index (χ4v) is 2.42. The molecule has 96 valence electrons. The molecule has 1 aliphatic rings. The van der Waals surface area contributed by atoms with Crippen molar-refractivity contribution in [2.45, 2.75) is 5.60 Å². The Kier molecular flexibility index (Phi) is 2.84. The van der Waals surface area contributed by atoms with Crippen LogP contribution in [0.25, 0.3) is 0 Å². The SMILES string of the molecule is O=C(c1ccccc1)N1CC(O)(c2ccccc2)C1. The fraction of sp³-hybridized carbons (Fsp3) is 0.188. The van der Waals surface area contributed by atoms with Gasteiger partial charge in [0, 0.05) is 5.56 Å². The summed E-state index contributed by atoms with van der Waals surface area (Å²) in [7, 11) is 0. The van der Waals surface area contributed by atoms with Gasteiger partial charge in [-0.15, -0.1) is 0 Å². The fourth-order valence-electron chi connectivity index (χ4n) is 2.42. The first-order chi connectivity index (χ1) is 9.19. The predicted molar refractivity (Wildman–Crippen MR) is 72.7 cm³/mol. The van der Waals surface area contributed by atoms with E-state index in [9.17, 15) is 9.90 Å². The average molecular weight is 253 g/mol. The predicted octanol–water partition coefficient (Wildman–Crippen LogP) is 2.03. The van der Waals surface area contributed by atoms with Crippen LogP contribution in [0.1, 0.15) is 15.9 Å². The number of rotatable bonds is 2. The molecule has 1 heterocycles. The van der Waals surface area contributed by atoms with Crippen molar-refractivity contribution in [1.29, 1.82) is 0 Å². The van der Waals surface area contributed by atoms with Crippen molar-refractivity contribution >= 4 is 5.91 Å². The maximum absolute atomic E-state index is 12.2. The first-order valence-electron chi connectivity index (χ1n) is 6.31. The Morgan fingerprint density at radius 3 is 2.05 bits per heavy atom. The Labute approximate surface area is 112 Å². The van der Waals surface area contributed by atoms with Crippen molar-refractivity contribution < 1.29 is 9.90 Å². The van der Waals surface area contributed by atoms with Crippen LogP contribution < -0.4 is 0 Å². The minimum absolute atomic E-state index is 0.0267. The summed E-state index contributed by atoms with van der Waals surface area (Å²) in [5, 5.41) is 10.5. The summed E-state index contributed by atoms with van der Waals surface area (Å²) in [6.07, 6.45) is 0. The minimum atomic E-state index is -0.897. The second-order valence-electron chi connectivity index (χ2n) is 4.92. The lowest BCUT2D eigenvalue weighted by atomic mass is 9.85. The van der Waals surface area contributed by atoms with E-state index < -0.39 is 5.60 Å². The Balaban J connectivity index is 1.72. The highest BCUT2D eigenvalue weighted by Gasteiger charge is 2.44. The molecule has 0 atom stereocenters. The lowest BCUT2D eigenvalue weighted by Gasteiger charge is -2.46. The third-order valence-corrected chi connectivity index (χ3v) is 3.52. The van der Waals surface area contributed by atoms with E-state index in [0.29, 0.717) is 18.7 Å². The first-order valence-corrected chi connectivity index (χ1v) is 6.31. The third-order valence-electron chi connectivity index (χ3n) is 3.52. The van der Waals surface area contributed by atoms with Crippen LogP contribution in [0.4, 0.5) is 0 Å². The molecule has 19 heavy (non-hydrogen) atoms. The molecule has 1 N–H and O–H groups in total. The number of nitrogens with zero attached hydrogens (tertiary/aromatic N) is 1. The highest BCUT2D eigenvalue weighted by Crippen LogP contribution is 2.32. The van der Waals surface area contributed by atoms with Crippen molar-refractivity contribution in [3.8, 4) is 0 Å². The molecule has 3 heteroatoms. The van der Waals surface area contributed by atoms with Crippen LogP contribution in [0.15, 0.2) is 60.7 Å². The Hall–Kier alpha value is -2.13. The second kappa shape index (κ2) is 4.52. The van der Waals surface area contributed by atoms with Crippen LogP contribution in [0.3, 0.4) is 0 Å². The number of likely N-dealkylation sites (tertiary alicyclic amines) is 1. The summed E-state index contributed by atoms with van der Waals surface area (Å²) in [6.45, 7) is 0.704. The van der Waals surface area contributed by atoms with Gasteiger partial charge < -0.3 is 10.0 Å². The van der Waals surface area contributed by atoms with Gasteiger partial charge in [-0.2, -0.15) is 0 Å². The van der Waals surface area contributed by atoms with Crippen molar-refractivity contribution in [1.82, 2.24) is 4.90 Å². The normalized spacial score (nSPS) is 16.8. The topological polar surface area (TPSA) is 40.5 Å². The van der Waals surface area contributed by atoms with Gasteiger partial charge in [0.25, 0.3) is 5.91 Å². The molecule has 2 aromatic carbocycles. The quantitative estimate of drug-likeness (QED) is 0.889. The van der Waals surface area contributed by atoms with Gasteiger partial charge in [-0.25, -0.2) is 0 Å². The van der Waals surface area contributed by atoms with E-state index in [1.165, 1.54) is 0 Å². The van der Waals surface area contributed by atoms with Gasteiger partial charge in [0.15, 0.2) is 0 Å². The zero-order chi connectivity index (χ0) is 13.3. The minimum Gasteiger partial charge on any atom is -0.381 e. The summed E-state index contributed by atoms with van der Waals surface area (Å²) in [5.41, 5.74) is 0.635. The molecular weight excluding hydrogens is 238 g/mol. The van der Waals surface area contributed by atoms with Gasteiger partial charge in [0.2, 0.25) is 0 Å². The maximum Gasteiger partial charge on any atom is 0.254 e. The molecular formula is C16H15NO2. The smallest absolute Gasteiger partial charge is 0.254 e. The van der Waals surface area contributed by atoms with E-state index in [-0.39, 0.29) is 5.91 Å². The van der Waals surface area contributed by atoms with Crippen molar-refractivity contribution in [3.05, 3.63) is 71.8 Å². The maximum atomic E-state index is 12.2. The molecule has 0 bridgehead atoms. The van der Waals surface area contributed by atoms with E-state index >= 15 is 0 Å². The van der Waals surface area contributed by atoms with Crippen LogP contribution in [0.5, 0.6) is 0 Å². The highest BCUT2D eigenvalue weighted by molar-refractivity contribution is 5.94. The number of hydrogen-bond acceptors (Lipinski definition) is 2. The van der Waals surface area contributed by atoms with E-state index in [1.54, 1.807) is 17.0 Å². The van der Waals surface area contributed by atoms with Gasteiger partial charge in [0.1, 0.15) is 5.60 Å². The molecule has 0 unspecified atom stereocenters. The summed E-state index contributed by atoms with van der Waals surface area (Å²) in [4.78, 5) is 13.8. The number of amides is 1. The molecule has 1 fully saturated rings. The number of benzene rings is 2. The van der Waals surface area contributed by atoms with Crippen LogP contribution >= 0.6 is 0 Å². The van der Waals surface area contributed by atoms with Crippen molar-refractivity contribution in [2.75, 3.05) is 13.1 Å². The van der Waals surface area contributed by atoms with Gasteiger partial charge in [-0.3, -0.25) is 4.79 Å². The number of carbonyl (C=O) groups excluding carboxylic acids is 1. The molecule has 0 saturated carbocycles. The van der Waals surface area contributed by atoms with E-state index in [4.69, 9.17) is 0 Å². The zero-order valence-corrected chi connectivity index (χ0v) is 10.5. The Bertz CT molecular complexity index is 574. The lowest BCUT2D eigenvalue weighted by molar-refractivity contribution is -0.0863. The molecule has 0 aliphatic carbocycles. The molecule has 3 nitrogen and oxygen atoms in total. The van der Waals surface area contributed by atoms with Gasteiger partial charge in [0.05, 0.1) is 13.1 Å². The molecule has 1 amide bonds. The van der Waals surface area contributed by atoms with Gasteiger partial charge in [-0.05, 0) is 17.7 Å². The van der Waals surface area contributed by atoms with E-state index in [2.05, 4.69) is 0 Å².